The van der Waals surface area contributed by atoms with Gasteiger partial charge in [0.2, 0.25) is 0 Å². The maximum absolute atomic E-state index is 4.42. The minimum atomic E-state index is 0.566. The lowest BCUT2D eigenvalue weighted by atomic mass is 9.94. The summed E-state index contributed by atoms with van der Waals surface area (Å²) in [6.45, 7) is 1.17. The van der Waals surface area contributed by atoms with Crippen LogP contribution in [0.25, 0.3) is 0 Å². The summed E-state index contributed by atoms with van der Waals surface area (Å²) < 4.78 is 2.51. The lowest BCUT2D eigenvalue weighted by Gasteiger charge is -2.26. The highest BCUT2D eigenvalue weighted by Gasteiger charge is 2.41. The number of nitrogens with one attached hydrogen (secondary N) is 1. The zero-order chi connectivity index (χ0) is 11.2. The van der Waals surface area contributed by atoms with E-state index in [1.54, 1.807) is 0 Å². The van der Waals surface area contributed by atoms with Crippen LogP contribution in [0.15, 0.2) is 12.5 Å². The van der Waals surface area contributed by atoms with Crippen molar-refractivity contribution in [3.8, 4) is 0 Å². The van der Waals surface area contributed by atoms with Gasteiger partial charge in [-0.15, -0.1) is 0 Å². The second kappa shape index (κ2) is 3.84. The van der Waals surface area contributed by atoms with E-state index in [9.17, 15) is 0 Å². The monoisotopic (exact) mass is 231 g/mol. The maximum Gasteiger partial charge on any atom is 0.0951 e. The molecular formula is C14H21N3. The molecule has 1 aromatic heterocycles. The first kappa shape index (κ1) is 10.1. The van der Waals surface area contributed by atoms with Gasteiger partial charge in [-0.1, -0.05) is 6.42 Å². The Balaban J connectivity index is 1.63. The Kier molecular flexibility index (Phi) is 2.29. The minimum Gasteiger partial charge on any atom is -0.330 e. The Hall–Kier alpha value is -0.830. The normalized spacial score (nSPS) is 40.2. The molecule has 3 aliphatic rings. The molecule has 17 heavy (non-hydrogen) atoms. The van der Waals surface area contributed by atoms with Crippen LogP contribution >= 0.6 is 0 Å². The number of hydrogen-bond acceptors (Lipinski definition) is 2. The Morgan fingerprint density at radius 2 is 2.24 bits per heavy atom. The van der Waals surface area contributed by atoms with Crippen LogP contribution in [0, 0.1) is 11.8 Å². The van der Waals surface area contributed by atoms with Crippen molar-refractivity contribution in [2.75, 3.05) is 6.54 Å². The summed E-state index contributed by atoms with van der Waals surface area (Å²) in [7, 11) is 0. The molecule has 1 aliphatic heterocycles. The molecule has 3 heteroatoms. The molecule has 4 atom stereocenters. The molecule has 2 heterocycles. The third-order valence-corrected chi connectivity index (χ3v) is 5.17. The summed E-state index contributed by atoms with van der Waals surface area (Å²) in [5, 5.41) is 3.61. The Morgan fingerprint density at radius 3 is 2.94 bits per heavy atom. The number of nitrogens with zero attached hydrogens (tertiary/aromatic N) is 2. The van der Waals surface area contributed by atoms with Gasteiger partial charge < -0.3 is 9.88 Å². The van der Waals surface area contributed by atoms with Crippen molar-refractivity contribution in [1.29, 1.82) is 0 Å². The van der Waals surface area contributed by atoms with Gasteiger partial charge in [-0.25, -0.2) is 4.98 Å². The Labute approximate surface area is 103 Å². The molecule has 0 aromatic carbocycles. The van der Waals surface area contributed by atoms with E-state index in [1.165, 1.54) is 50.8 Å². The fourth-order valence-corrected chi connectivity index (χ4v) is 4.35. The third kappa shape index (κ3) is 1.55. The zero-order valence-corrected chi connectivity index (χ0v) is 10.3. The molecular weight excluding hydrogens is 210 g/mol. The fourth-order valence-electron chi connectivity index (χ4n) is 4.35. The van der Waals surface area contributed by atoms with Gasteiger partial charge in [0.1, 0.15) is 0 Å². The number of fused-ring (bicyclic) bond motifs is 2. The van der Waals surface area contributed by atoms with Gasteiger partial charge in [-0.05, 0) is 50.5 Å². The van der Waals surface area contributed by atoms with Gasteiger partial charge in [0.25, 0.3) is 0 Å². The lowest BCUT2D eigenvalue weighted by molar-refractivity contribution is 0.317. The summed E-state index contributed by atoms with van der Waals surface area (Å²) in [5.41, 5.74) is 1.44. The molecule has 0 radical (unpaired) electrons. The molecule has 2 bridgehead atoms. The van der Waals surface area contributed by atoms with Crippen LogP contribution in [0.1, 0.15) is 56.3 Å². The molecule has 1 N–H and O–H groups in total. The number of rotatable bonds is 2. The number of aromatic nitrogens is 2. The Bertz CT molecular complexity index is 405. The molecule has 92 valence electrons. The van der Waals surface area contributed by atoms with Gasteiger partial charge in [0.15, 0.2) is 0 Å². The first-order valence-electron chi connectivity index (χ1n) is 7.17. The first-order chi connectivity index (χ1) is 8.42. The smallest absolute Gasteiger partial charge is 0.0951 e. The van der Waals surface area contributed by atoms with Gasteiger partial charge in [0.05, 0.1) is 12.0 Å². The molecule has 1 aromatic rings. The molecule has 3 unspecified atom stereocenters. The average Bonchev–Trinajstić information content (AvgIpc) is 3.12. The summed E-state index contributed by atoms with van der Waals surface area (Å²) >= 11 is 0. The molecule has 1 saturated heterocycles. The van der Waals surface area contributed by atoms with E-state index in [4.69, 9.17) is 0 Å². The summed E-state index contributed by atoms with van der Waals surface area (Å²) in [6.07, 6.45) is 12.6. The topological polar surface area (TPSA) is 29.9 Å². The van der Waals surface area contributed by atoms with E-state index in [0.29, 0.717) is 6.04 Å². The minimum absolute atomic E-state index is 0.566. The fraction of sp³-hybridized carbons (Fsp3) is 0.786. The van der Waals surface area contributed by atoms with Crippen LogP contribution in [0.2, 0.25) is 0 Å². The van der Waals surface area contributed by atoms with Crippen LogP contribution in [0.3, 0.4) is 0 Å². The highest BCUT2D eigenvalue weighted by molar-refractivity contribution is 5.10. The molecule has 4 rings (SSSR count). The molecule has 0 spiro atoms. The van der Waals surface area contributed by atoms with E-state index in [-0.39, 0.29) is 0 Å². The van der Waals surface area contributed by atoms with Gasteiger partial charge in [0, 0.05) is 18.3 Å². The predicted molar refractivity (Wildman–Crippen MR) is 66.7 cm³/mol. The summed E-state index contributed by atoms with van der Waals surface area (Å²) in [6, 6.07) is 1.32. The first-order valence-corrected chi connectivity index (χ1v) is 7.17. The van der Waals surface area contributed by atoms with Gasteiger partial charge in [-0.3, -0.25) is 0 Å². The van der Waals surface area contributed by atoms with Crippen molar-refractivity contribution in [2.45, 2.75) is 50.6 Å². The van der Waals surface area contributed by atoms with E-state index >= 15 is 0 Å². The van der Waals surface area contributed by atoms with Crippen LogP contribution in [-0.4, -0.2) is 16.1 Å². The summed E-state index contributed by atoms with van der Waals surface area (Å²) in [5.74, 6) is 1.95. The Morgan fingerprint density at radius 1 is 1.24 bits per heavy atom. The van der Waals surface area contributed by atoms with Crippen molar-refractivity contribution in [1.82, 2.24) is 14.9 Å². The highest BCUT2D eigenvalue weighted by atomic mass is 15.1. The van der Waals surface area contributed by atoms with Crippen LogP contribution in [0.5, 0.6) is 0 Å². The lowest BCUT2D eigenvalue weighted by Crippen LogP contribution is -2.22. The van der Waals surface area contributed by atoms with Crippen molar-refractivity contribution < 1.29 is 0 Å². The highest BCUT2D eigenvalue weighted by Crippen LogP contribution is 2.51. The number of hydrogen-bond donors (Lipinski definition) is 1. The quantitative estimate of drug-likeness (QED) is 0.848. The molecule has 2 aliphatic carbocycles. The predicted octanol–water partition coefficient (Wildman–Crippen LogP) is 2.67. The summed E-state index contributed by atoms with van der Waals surface area (Å²) in [4.78, 5) is 4.42. The van der Waals surface area contributed by atoms with E-state index in [0.717, 1.165) is 17.9 Å². The molecule has 3 fully saturated rings. The average molecular weight is 231 g/mol. The third-order valence-electron chi connectivity index (χ3n) is 5.17. The zero-order valence-electron chi connectivity index (χ0n) is 10.3. The van der Waals surface area contributed by atoms with E-state index < -0.39 is 0 Å². The van der Waals surface area contributed by atoms with Crippen molar-refractivity contribution >= 4 is 0 Å². The van der Waals surface area contributed by atoms with Crippen molar-refractivity contribution in [3.63, 3.8) is 0 Å². The van der Waals surface area contributed by atoms with Crippen LogP contribution in [0.4, 0.5) is 0 Å². The maximum atomic E-state index is 4.42. The van der Waals surface area contributed by atoms with Crippen LogP contribution in [-0.2, 0) is 0 Å². The van der Waals surface area contributed by atoms with Crippen molar-refractivity contribution in [2.24, 2.45) is 11.8 Å². The number of imidazole rings is 1. The van der Waals surface area contributed by atoms with Crippen molar-refractivity contribution in [3.05, 3.63) is 18.2 Å². The van der Waals surface area contributed by atoms with Crippen LogP contribution < -0.4 is 5.32 Å². The second-order valence-corrected chi connectivity index (χ2v) is 6.12. The SMILES string of the molecule is c1ncn(C2CC3CCC2C3)c1[C@@H]1CCCN1. The molecule has 0 amide bonds. The largest absolute Gasteiger partial charge is 0.330 e. The van der Waals surface area contributed by atoms with E-state index in [1.807, 2.05) is 0 Å². The second-order valence-electron chi connectivity index (χ2n) is 6.12. The van der Waals surface area contributed by atoms with Gasteiger partial charge in [-0.2, -0.15) is 0 Å². The molecule has 3 nitrogen and oxygen atoms in total. The van der Waals surface area contributed by atoms with Gasteiger partial charge >= 0.3 is 0 Å². The standard InChI is InChI=1S/C14H21N3/c1-2-12(16-5-1)14-8-15-9-17(14)13-7-10-3-4-11(13)6-10/h8-13,16H,1-7H2/t10?,11?,12-,13?/m0/s1. The van der Waals surface area contributed by atoms with E-state index in [2.05, 4.69) is 27.4 Å². The molecule has 2 saturated carbocycles.